The number of fused-ring (bicyclic) bond motifs is 1. The van der Waals surface area contributed by atoms with Crippen LogP contribution in [-0.4, -0.2) is 19.1 Å². The van der Waals surface area contributed by atoms with Crippen molar-refractivity contribution < 1.29 is 0 Å². The van der Waals surface area contributed by atoms with E-state index < -0.39 is 0 Å². The van der Waals surface area contributed by atoms with Crippen LogP contribution >= 0.6 is 11.6 Å². The zero-order valence-corrected chi connectivity index (χ0v) is 11.4. The molecule has 92 valence electrons. The number of aryl methyl sites for hydroxylation is 1. The molecule has 4 heteroatoms. The molecule has 18 heavy (non-hydrogen) atoms. The van der Waals surface area contributed by atoms with E-state index in [4.69, 9.17) is 16.9 Å². The van der Waals surface area contributed by atoms with Crippen LogP contribution < -0.4 is 4.90 Å². The molecule has 0 bridgehead atoms. The van der Waals surface area contributed by atoms with Gasteiger partial charge in [-0.25, -0.2) is 0 Å². The van der Waals surface area contributed by atoms with Crippen molar-refractivity contribution in [1.29, 1.82) is 5.26 Å². The molecule has 3 nitrogen and oxygen atoms in total. The number of nitrogens with zero attached hydrogens (tertiary/aromatic N) is 3. The number of nitriles is 1. The summed E-state index contributed by atoms with van der Waals surface area (Å²) in [5.74, 6) is 0. The molecule has 0 aliphatic carbocycles. The first-order chi connectivity index (χ1) is 8.54. The maximum absolute atomic E-state index is 8.95. The molecule has 1 aromatic carbocycles. The van der Waals surface area contributed by atoms with E-state index in [1.165, 1.54) is 0 Å². The van der Waals surface area contributed by atoms with E-state index in [0.29, 0.717) is 11.4 Å². The number of rotatable bonds is 2. The second-order valence-corrected chi connectivity index (χ2v) is 4.85. The van der Waals surface area contributed by atoms with E-state index >= 15 is 0 Å². The largest absolute Gasteiger partial charge is 0.377 e. The first kappa shape index (κ1) is 12.7. The standard InChI is InChI=1S/C14H14ClN3/c1-9-11(6-7-16)14(18(2)3)12-8-10(15)4-5-13(12)17-9/h4-5,8H,6H2,1-3H3. The van der Waals surface area contributed by atoms with E-state index in [2.05, 4.69) is 11.1 Å². The lowest BCUT2D eigenvalue weighted by atomic mass is 10.0. The minimum Gasteiger partial charge on any atom is -0.377 e. The van der Waals surface area contributed by atoms with Gasteiger partial charge in [-0.2, -0.15) is 5.26 Å². The van der Waals surface area contributed by atoms with Gasteiger partial charge >= 0.3 is 0 Å². The predicted octanol–water partition coefficient (Wildman–Crippen LogP) is 3.33. The first-order valence-corrected chi connectivity index (χ1v) is 6.05. The Balaban J connectivity index is 2.87. The highest BCUT2D eigenvalue weighted by Crippen LogP contribution is 2.32. The third-order valence-electron chi connectivity index (χ3n) is 2.93. The zero-order valence-electron chi connectivity index (χ0n) is 10.7. The summed E-state index contributed by atoms with van der Waals surface area (Å²) in [6.45, 7) is 1.94. The van der Waals surface area contributed by atoms with Crippen LogP contribution in [0.25, 0.3) is 10.9 Å². The monoisotopic (exact) mass is 259 g/mol. The number of hydrogen-bond donors (Lipinski definition) is 0. The number of pyridine rings is 1. The van der Waals surface area contributed by atoms with Gasteiger partial charge < -0.3 is 4.90 Å². The van der Waals surface area contributed by atoms with E-state index in [0.717, 1.165) is 27.8 Å². The van der Waals surface area contributed by atoms with Crippen molar-refractivity contribution in [3.05, 3.63) is 34.5 Å². The Morgan fingerprint density at radius 2 is 2.11 bits per heavy atom. The van der Waals surface area contributed by atoms with Crippen LogP contribution in [0.5, 0.6) is 0 Å². The summed E-state index contributed by atoms with van der Waals surface area (Å²) >= 11 is 6.05. The number of hydrogen-bond acceptors (Lipinski definition) is 3. The fourth-order valence-electron chi connectivity index (χ4n) is 2.18. The van der Waals surface area contributed by atoms with Crippen molar-refractivity contribution >= 4 is 28.2 Å². The van der Waals surface area contributed by atoms with Gasteiger partial charge in [0.2, 0.25) is 0 Å². The van der Waals surface area contributed by atoms with Crippen LogP contribution in [-0.2, 0) is 6.42 Å². The SMILES string of the molecule is Cc1nc2ccc(Cl)cc2c(N(C)C)c1CC#N. The van der Waals surface area contributed by atoms with Gasteiger partial charge in [-0.3, -0.25) is 4.98 Å². The average Bonchev–Trinajstić information content (AvgIpc) is 2.30. The molecule has 0 saturated carbocycles. The van der Waals surface area contributed by atoms with Crippen molar-refractivity contribution in [1.82, 2.24) is 4.98 Å². The molecule has 1 aromatic heterocycles. The molecule has 0 unspecified atom stereocenters. The van der Waals surface area contributed by atoms with E-state index in [9.17, 15) is 0 Å². The highest BCUT2D eigenvalue weighted by Gasteiger charge is 2.14. The summed E-state index contributed by atoms with van der Waals surface area (Å²) in [5.41, 5.74) is 3.80. The molecule has 0 atom stereocenters. The Morgan fingerprint density at radius 3 is 2.72 bits per heavy atom. The highest BCUT2D eigenvalue weighted by molar-refractivity contribution is 6.31. The predicted molar refractivity (Wildman–Crippen MR) is 75.1 cm³/mol. The quantitative estimate of drug-likeness (QED) is 0.831. The molecule has 0 aliphatic heterocycles. The molecule has 0 N–H and O–H groups in total. The minimum absolute atomic E-state index is 0.356. The lowest BCUT2D eigenvalue weighted by Gasteiger charge is -2.20. The molecular weight excluding hydrogens is 246 g/mol. The van der Waals surface area contributed by atoms with Crippen LogP contribution in [0.4, 0.5) is 5.69 Å². The summed E-state index contributed by atoms with van der Waals surface area (Å²) in [7, 11) is 3.94. The summed E-state index contributed by atoms with van der Waals surface area (Å²) in [5, 5.41) is 10.6. The Labute approximate surface area is 112 Å². The summed E-state index contributed by atoms with van der Waals surface area (Å²) in [4.78, 5) is 6.56. The van der Waals surface area contributed by atoms with Gasteiger partial charge in [0.25, 0.3) is 0 Å². The second kappa shape index (κ2) is 4.83. The topological polar surface area (TPSA) is 39.9 Å². The molecule has 0 spiro atoms. The van der Waals surface area contributed by atoms with Gasteiger partial charge in [-0.05, 0) is 25.1 Å². The maximum atomic E-state index is 8.95. The molecular formula is C14H14ClN3. The Bertz CT molecular complexity index is 642. The van der Waals surface area contributed by atoms with Gasteiger partial charge in [-0.1, -0.05) is 11.6 Å². The lowest BCUT2D eigenvalue weighted by Crippen LogP contribution is -2.13. The van der Waals surface area contributed by atoms with Gasteiger partial charge in [-0.15, -0.1) is 0 Å². The Kier molecular flexibility index (Phi) is 3.40. The van der Waals surface area contributed by atoms with Crippen molar-refractivity contribution in [2.45, 2.75) is 13.3 Å². The number of aromatic nitrogens is 1. The normalized spacial score (nSPS) is 10.4. The van der Waals surface area contributed by atoms with E-state index in [1.807, 2.05) is 44.1 Å². The molecule has 2 rings (SSSR count). The molecule has 0 fully saturated rings. The van der Waals surface area contributed by atoms with E-state index in [1.54, 1.807) is 0 Å². The van der Waals surface area contributed by atoms with Crippen molar-refractivity contribution in [3.8, 4) is 6.07 Å². The van der Waals surface area contributed by atoms with Crippen LogP contribution in [0.1, 0.15) is 11.3 Å². The van der Waals surface area contributed by atoms with E-state index in [-0.39, 0.29) is 0 Å². The van der Waals surface area contributed by atoms with Gasteiger partial charge in [0.15, 0.2) is 0 Å². The maximum Gasteiger partial charge on any atom is 0.0727 e. The first-order valence-electron chi connectivity index (χ1n) is 5.67. The molecule has 0 radical (unpaired) electrons. The zero-order chi connectivity index (χ0) is 13.3. The van der Waals surface area contributed by atoms with Crippen LogP contribution in [0.15, 0.2) is 18.2 Å². The van der Waals surface area contributed by atoms with Gasteiger partial charge in [0.1, 0.15) is 0 Å². The van der Waals surface area contributed by atoms with Crippen molar-refractivity contribution in [2.75, 3.05) is 19.0 Å². The van der Waals surface area contributed by atoms with Crippen LogP contribution in [0.3, 0.4) is 0 Å². The smallest absolute Gasteiger partial charge is 0.0727 e. The summed E-state index contributed by atoms with van der Waals surface area (Å²) < 4.78 is 0. The molecule has 0 saturated heterocycles. The number of anilines is 1. The van der Waals surface area contributed by atoms with Gasteiger partial charge in [0, 0.05) is 35.8 Å². The third kappa shape index (κ3) is 2.12. The fourth-order valence-corrected chi connectivity index (χ4v) is 2.35. The second-order valence-electron chi connectivity index (χ2n) is 4.42. The average molecular weight is 260 g/mol. The molecule has 0 aliphatic rings. The Hall–Kier alpha value is -1.79. The molecule has 0 amide bonds. The minimum atomic E-state index is 0.356. The fraction of sp³-hybridized carbons (Fsp3) is 0.286. The molecule has 1 heterocycles. The lowest BCUT2D eigenvalue weighted by molar-refractivity contribution is 1.06. The summed E-state index contributed by atoms with van der Waals surface area (Å²) in [6, 6.07) is 7.85. The molecule has 2 aromatic rings. The number of benzene rings is 1. The van der Waals surface area contributed by atoms with Crippen molar-refractivity contribution in [2.24, 2.45) is 0 Å². The van der Waals surface area contributed by atoms with Crippen LogP contribution in [0.2, 0.25) is 5.02 Å². The summed E-state index contributed by atoms with van der Waals surface area (Å²) in [6.07, 6.45) is 0.356. The number of halogens is 1. The van der Waals surface area contributed by atoms with Crippen LogP contribution in [0, 0.1) is 18.3 Å². The van der Waals surface area contributed by atoms with Gasteiger partial charge in [0.05, 0.1) is 23.7 Å². The third-order valence-corrected chi connectivity index (χ3v) is 3.16. The highest BCUT2D eigenvalue weighted by atomic mass is 35.5. The van der Waals surface area contributed by atoms with Crippen molar-refractivity contribution in [3.63, 3.8) is 0 Å². The Morgan fingerprint density at radius 1 is 1.39 bits per heavy atom.